The van der Waals surface area contributed by atoms with Crippen molar-refractivity contribution < 1.29 is 13.0 Å². The van der Waals surface area contributed by atoms with Gasteiger partial charge in [-0.2, -0.15) is 4.31 Å². The molecule has 0 aliphatic carbocycles. The first-order valence-electron chi connectivity index (χ1n) is 9.63. The number of hydrogen-bond donors (Lipinski definition) is 0. The molecule has 9 heteroatoms. The lowest BCUT2D eigenvalue weighted by Crippen LogP contribution is -2.47. The summed E-state index contributed by atoms with van der Waals surface area (Å²) >= 11 is 1.51. The van der Waals surface area contributed by atoms with Gasteiger partial charge in [-0.15, -0.1) is 0 Å². The van der Waals surface area contributed by atoms with E-state index >= 15 is 0 Å². The Morgan fingerprint density at radius 3 is 2.43 bits per heavy atom. The maximum atomic E-state index is 13.2. The monoisotopic (exact) mass is 440 g/mol. The summed E-state index contributed by atoms with van der Waals surface area (Å²) in [5.74, 6) is 0. The Bertz CT molecular complexity index is 1330. The van der Waals surface area contributed by atoms with Gasteiger partial charge < -0.3 is 4.90 Å². The minimum atomic E-state index is -3.67. The van der Waals surface area contributed by atoms with Crippen molar-refractivity contribution in [2.45, 2.75) is 14.7 Å². The number of piperazine rings is 1. The van der Waals surface area contributed by atoms with Crippen molar-refractivity contribution in [3.05, 3.63) is 54.6 Å². The second kappa shape index (κ2) is 7.66. The molecule has 0 unspecified atom stereocenters. The van der Waals surface area contributed by atoms with Crippen molar-refractivity contribution in [2.24, 2.45) is 0 Å². The van der Waals surface area contributed by atoms with Crippen molar-refractivity contribution in [3.8, 4) is 0 Å². The minimum absolute atomic E-state index is 0.145. The molecule has 0 saturated carbocycles. The molecule has 1 saturated heterocycles. The van der Waals surface area contributed by atoms with Gasteiger partial charge in [0.25, 0.3) is 0 Å². The van der Waals surface area contributed by atoms with Gasteiger partial charge in [-0.05, 0) is 52.4 Å². The number of sulfonamides is 1. The van der Waals surface area contributed by atoms with E-state index in [0.29, 0.717) is 31.7 Å². The molecule has 0 radical (unpaired) electrons. The number of benzene rings is 3. The van der Waals surface area contributed by atoms with Crippen LogP contribution in [0.5, 0.6) is 0 Å². The van der Waals surface area contributed by atoms with Crippen LogP contribution in [-0.4, -0.2) is 61.2 Å². The Labute approximate surface area is 178 Å². The van der Waals surface area contributed by atoms with Crippen LogP contribution in [-0.2, 0) is 10.0 Å². The van der Waals surface area contributed by atoms with Crippen LogP contribution in [0.25, 0.3) is 21.8 Å². The van der Waals surface area contributed by atoms with Crippen molar-refractivity contribution in [1.29, 1.82) is 0 Å². The highest BCUT2D eigenvalue weighted by Crippen LogP contribution is 2.36. The van der Waals surface area contributed by atoms with Gasteiger partial charge in [0.2, 0.25) is 10.0 Å². The SMILES string of the molecule is CN1CCN(S(=O)(=O)c2ccc(Sc3ccc4ccccc4c3)c3nonc23)CC1. The summed E-state index contributed by atoms with van der Waals surface area (Å²) in [6.45, 7) is 2.32. The Hall–Kier alpha value is -2.46. The van der Waals surface area contributed by atoms with Gasteiger partial charge in [0, 0.05) is 36.0 Å². The number of likely N-dealkylation sites (N-methyl/N-ethyl adjacent to an activating group) is 1. The molecule has 0 spiro atoms. The summed E-state index contributed by atoms with van der Waals surface area (Å²) in [4.78, 5) is 4.10. The standard InChI is InChI=1S/C21H20N4O3S2/c1-24-10-12-25(13-11-24)30(26,27)19-9-8-18(20-21(19)23-28-22-20)29-17-7-6-15-4-2-3-5-16(15)14-17/h2-9,14H,10-13H2,1H3. The first-order chi connectivity index (χ1) is 14.5. The molecule has 3 aromatic carbocycles. The summed E-state index contributed by atoms with van der Waals surface area (Å²) in [7, 11) is -1.68. The van der Waals surface area contributed by atoms with Gasteiger partial charge in [0.1, 0.15) is 4.90 Å². The number of rotatable bonds is 4. The summed E-state index contributed by atoms with van der Waals surface area (Å²) in [5, 5.41) is 10.3. The average molecular weight is 441 g/mol. The molecule has 30 heavy (non-hydrogen) atoms. The number of fused-ring (bicyclic) bond motifs is 2. The summed E-state index contributed by atoms with van der Waals surface area (Å²) < 4.78 is 32.9. The van der Waals surface area contributed by atoms with Crippen LogP contribution in [0, 0.1) is 0 Å². The molecule has 0 bridgehead atoms. The molecule has 1 fully saturated rings. The third-order valence-corrected chi connectivity index (χ3v) is 8.34. The fourth-order valence-electron chi connectivity index (χ4n) is 3.64. The highest BCUT2D eigenvalue weighted by atomic mass is 32.2. The number of hydrogen-bond acceptors (Lipinski definition) is 7. The van der Waals surface area contributed by atoms with Crippen LogP contribution in [0.4, 0.5) is 0 Å². The van der Waals surface area contributed by atoms with Gasteiger partial charge in [0.15, 0.2) is 11.0 Å². The predicted octanol–water partition coefficient (Wildman–Crippen LogP) is 3.46. The lowest BCUT2D eigenvalue weighted by molar-refractivity contribution is 0.222. The second-order valence-corrected chi connectivity index (χ2v) is 10.4. The van der Waals surface area contributed by atoms with Crippen molar-refractivity contribution in [2.75, 3.05) is 33.2 Å². The molecule has 1 aliphatic rings. The second-order valence-electron chi connectivity index (χ2n) is 7.34. The highest BCUT2D eigenvalue weighted by molar-refractivity contribution is 7.99. The number of nitrogens with zero attached hydrogens (tertiary/aromatic N) is 4. The van der Waals surface area contributed by atoms with Crippen molar-refractivity contribution in [3.63, 3.8) is 0 Å². The minimum Gasteiger partial charge on any atom is -0.304 e. The van der Waals surface area contributed by atoms with Crippen LogP contribution in [0.2, 0.25) is 0 Å². The van der Waals surface area contributed by atoms with Crippen LogP contribution in [0.3, 0.4) is 0 Å². The molecule has 1 aliphatic heterocycles. The molecular formula is C21H20N4O3S2. The molecule has 0 atom stereocenters. The Balaban J connectivity index is 1.50. The molecule has 0 amide bonds. The summed E-state index contributed by atoms with van der Waals surface area (Å²) in [5.41, 5.74) is 0.739. The van der Waals surface area contributed by atoms with Crippen LogP contribution in [0.1, 0.15) is 0 Å². The van der Waals surface area contributed by atoms with E-state index in [1.165, 1.54) is 21.5 Å². The van der Waals surface area contributed by atoms with Crippen LogP contribution >= 0.6 is 11.8 Å². The largest absolute Gasteiger partial charge is 0.304 e. The van der Waals surface area contributed by atoms with E-state index in [0.717, 1.165) is 15.2 Å². The topological polar surface area (TPSA) is 79.5 Å². The Morgan fingerprint density at radius 2 is 1.63 bits per heavy atom. The lowest BCUT2D eigenvalue weighted by Gasteiger charge is -2.31. The molecule has 4 aromatic rings. The highest BCUT2D eigenvalue weighted by Gasteiger charge is 2.31. The zero-order valence-corrected chi connectivity index (χ0v) is 18.0. The van der Waals surface area contributed by atoms with E-state index in [9.17, 15) is 8.42 Å². The molecule has 0 N–H and O–H groups in total. The van der Waals surface area contributed by atoms with Gasteiger partial charge in [0.05, 0.1) is 0 Å². The molecule has 2 heterocycles. The Kier molecular flexibility index (Phi) is 4.98. The Morgan fingerprint density at radius 1 is 0.900 bits per heavy atom. The zero-order valence-electron chi connectivity index (χ0n) is 16.4. The van der Waals surface area contributed by atoms with Crippen LogP contribution in [0.15, 0.2) is 73.9 Å². The third-order valence-electron chi connectivity index (χ3n) is 5.37. The molecular weight excluding hydrogens is 420 g/mol. The first kappa shape index (κ1) is 19.5. The molecule has 1 aromatic heterocycles. The van der Waals surface area contributed by atoms with Gasteiger partial charge in [-0.25, -0.2) is 13.0 Å². The maximum absolute atomic E-state index is 13.2. The first-order valence-corrected chi connectivity index (χ1v) is 11.9. The van der Waals surface area contributed by atoms with Gasteiger partial charge >= 0.3 is 0 Å². The fourth-order valence-corrected chi connectivity index (χ4v) is 6.12. The smallest absolute Gasteiger partial charge is 0.245 e. The molecule has 7 nitrogen and oxygen atoms in total. The predicted molar refractivity (Wildman–Crippen MR) is 116 cm³/mol. The van der Waals surface area contributed by atoms with E-state index in [-0.39, 0.29) is 10.4 Å². The summed E-state index contributed by atoms with van der Waals surface area (Å²) in [6, 6.07) is 17.8. The van der Waals surface area contributed by atoms with Crippen molar-refractivity contribution >= 4 is 43.6 Å². The van der Waals surface area contributed by atoms with Gasteiger partial charge in [-0.3, -0.25) is 0 Å². The van der Waals surface area contributed by atoms with Gasteiger partial charge in [-0.1, -0.05) is 42.1 Å². The van der Waals surface area contributed by atoms with Crippen molar-refractivity contribution in [1.82, 2.24) is 19.5 Å². The van der Waals surface area contributed by atoms with E-state index in [1.807, 2.05) is 25.2 Å². The van der Waals surface area contributed by atoms with E-state index in [1.54, 1.807) is 12.1 Å². The summed E-state index contributed by atoms with van der Waals surface area (Å²) in [6.07, 6.45) is 0. The maximum Gasteiger partial charge on any atom is 0.245 e. The number of aromatic nitrogens is 2. The normalized spacial score (nSPS) is 16.4. The third kappa shape index (κ3) is 3.47. The molecule has 154 valence electrons. The fraction of sp³-hybridized carbons (Fsp3) is 0.238. The van der Waals surface area contributed by atoms with E-state index < -0.39 is 10.0 Å². The van der Waals surface area contributed by atoms with E-state index in [4.69, 9.17) is 4.63 Å². The average Bonchev–Trinajstić information content (AvgIpc) is 3.24. The van der Waals surface area contributed by atoms with Crippen LogP contribution < -0.4 is 0 Å². The molecule has 5 rings (SSSR count). The lowest BCUT2D eigenvalue weighted by atomic mass is 10.1. The quantitative estimate of drug-likeness (QED) is 0.481. The zero-order chi connectivity index (χ0) is 20.7. The van der Waals surface area contributed by atoms with E-state index in [2.05, 4.69) is 39.5 Å².